The van der Waals surface area contributed by atoms with E-state index in [4.69, 9.17) is 0 Å². The predicted molar refractivity (Wildman–Crippen MR) is 80.2 cm³/mol. The molecule has 120 valence electrons. The number of nitrogens with one attached hydrogen (secondary N) is 1. The third kappa shape index (κ3) is 4.59. The molecule has 0 unspecified atom stereocenters. The highest BCUT2D eigenvalue weighted by molar-refractivity contribution is 5.85. The number of hydrogen-bond donors (Lipinski definition) is 1. The van der Waals surface area contributed by atoms with Crippen LogP contribution in [0.1, 0.15) is 31.9 Å². The Morgan fingerprint density at radius 3 is 2.10 bits per heavy atom. The average Bonchev–Trinajstić information content (AvgIpc) is 2.37. The highest BCUT2D eigenvalue weighted by Crippen LogP contribution is 2.32. The van der Waals surface area contributed by atoms with Crippen LogP contribution in [0.3, 0.4) is 0 Å². The molecular weight excluding hydrogens is 301 g/mol. The molecule has 1 heterocycles. The summed E-state index contributed by atoms with van der Waals surface area (Å²) in [5.41, 5.74) is 0.00185. The fourth-order valence-corrected chi connectivity index (χ4v) is 2.76. The second kappa shape index (κ2) is 8.01. The molecule has 6 heteroatoms. The molecule has 1 saturated heterocycles. The van der Waals surface area contributed by atoms with Gasteiger partial charge in [0.15, 0.2) is 0 Å². The molecule has 0 saturated carbocycles. The summed E-state index contributed by atoms with van der Waals surface area (Å²) in [7, 11) is 0. The van der Waals surface area contributed by atoms with Crippen molar-refractivity contribution >= 4 is 12.4 Å². The Morgan fingerprint density at radius 1 is 1.10 bits per heavy atom. The average molecular weight is 323 g/mol. The fourth-order valence-electron chi connectivity index (χ4n) is 2.76. The molecule has 1 N–H and O–H groups in total. The Morgan fingerprint density at radius 2 is 1.62 bits per heavy atom. The van der Waals surface area contributed by atoms with Gasteiger partial charge in [-0.1, -0.05) is 13.8 Å². The summed E-state index contributed by atoms with van der Waals surface area (Å²) in [4.78, 5) is 2.08. The third-order valence-electron chi connectivity index (χ3n) is 3.66. The van der Waals surface area contributed by atoms with E-state index in [1.54, 1.807) is 0 Å². The highest BCUT2D eigenvalue weighted by Gasteiger charge is 2.28. The topological polar surface area (TPSA) is 15.3 Å². The molecule has 21 heavy (non-hydrogen) atoms. The molecule has 0 bridgehead atoms. The van der Waals surface area contributed by atoms with E-state index < -0.39 is 17.5 Å². The van der Waals surface area contributed by atoms with E-state index in [1.165, 1.54) is 0 Å². The molecule has 1 atom stereocenters. The van der Waals surface area contributed by atoms with Gasteiger partial charge in [0.1, 0.15) is 17.5 Å². The van der Waals surface area contributed by atoms with Gasteiger partial charge in [-0.2, -0.15) is 0 Å². The number of rotatable bonds is 4. The molecular formula is C15H22ClF3N2. The Hall–Kier alpha value is -0.780. The van der Waals surface area contributed by atoms with Gasteiger partial charge in [0, 0.05) is 49.9 Å². The van der Waals surface area contributed by atoms with Crippen LogP contribution in [0.4, 0.5) is 13.2 Å². The van der Waals surface area contributed by atoms with E-state index in [1.807, 2.05) is 13.8 Å². The van der Waals surface area contributed by atoms with Gasteiger partial charge in [-0.3, -0.25) is 4.90 Å². The summed E-state index contributed by atoms with van der Waals surface area (Å²) in [6, 6.07) is 1.21. The van der Waals surface area contributed by atoms with Crippen molar-refractivity contribution in [3.63, 3.8) is 0 Å². The minimum absolute atomic E-state index is 0. The van der Waals surface area contributed by atoms with Crippen molar-refractivity contribution in [3.05, 3.63) is 35.1 Å². The Bertz CT molecular complexity index is 439. The van der Waals surface area contributed by atoms with Crippen molar-refractivity contribution in [2.24, 2.45) is 5.92 Å². The zero-order valence-electron chi connectivity index (χ0n) is 12.3. The highest BCUT2D eigenvalue weighted by atomic mass is 35.5. The predicted octanol–water partition coefficient (Wildman–Crippen LogP) is 3.52. The normalized spacial score (nSPS) is 17.6. The molecule has 0 amide bonds. The van der Waals surface area contributed by atoms with E-state index in [0.717, 1.165) is 38.3 Å². The van der Waals surface area contributed by atoms with Crippen LogP contribution >= 0.6 is 12.4 Å². The van der Waals surface area contributed by atoms with Gasteiger partial charge in [0.25, 0.3) is 0 Å². The van der Waals surface area contributed by atoms with Gasteiger partial charge in [0.2, 0.25) is 0 Å². The quantitative estimate of drug-likeness (QED) is 0.912. The van der Waals surface area contributed by atoms with Crippen molar-refractivity contribution in [2.45, 2.75) is 26.3 Å². The number of piperazine rings is 1. The lowest BCUT2D eigenvalue weighted by atomic mass is 9.94. The monoisotopic (exact) mass is 322 g/mol. The minimum Gasteiger partial charge on any atom is -0.314 e. The lowest BCUT2D eigenvalue weighted by Gasteiger charge is -2.36. The Balaban J connectivity index is 0.00000220. The number of benzene rings is 1. The van der Waals surface area contributed by atoms with Gasteiger partial charge in [-0.15, -0.1) is 12.4 Å². The maximum Gasteiger partial charge on any atom is 0.133 e. The molecule has 0 aromatic heterocycles. The maximum absolute atomic E-state index is 14.0. The van der Waals surface area contributed by atoms with Crippen LogP contribution in [0.15, 0.2) is 12.1 Å². The fraction of sp³-hybridized carbons (Fsp3) is 0.600. The van der Waals surface area contributed by atoms with E-state index in [9.17, 15) is 13.2 Å². The SMILES string of the molecule is CC(C)C[C@@H](c1c(F)cc(F)cc1F)N1CCNCC1.Cl. The first-order valence-corrected chi connectivity index (χ1v) is 7.08. The zero-order valence-corrected chi connectivity index (χ0v) is 13.2. The van der Waals surface area contributed by atoms with Crippen molar-refractivity contribution in [1.29, 1.82) is 0 Å². The van der Waals surface area contributed by atoms with E-state index in [2.05, 4.69) is 10.2 Å². The minimum atomic E-state index is -0.868. The summed E-state index contributed by atoms with van der Waals surface area (Å²) in [5, 5.41) is 3.22. The lowest BCUT2D eigenvalue weighted by molar-refractivity contribution is 0.147. The third-order valence-corrected chi connectivity index (χ3v) is 3.66. The van der Waals surface area contributed by atoms with Crippen LogP contribution in [0, 0.1) is 23.4 Å². The standard InChI is InChI=1S/C15H21F3N2.ClH/c1-10(2)7-14(20-5-3-19-4-6-20)15-12(17)8-11(16)9-13(15)18;/h8-10,14,19H,3-7H2,1-2H3;1H/t14-;/m0./s1. The summed E-state index contributed by atoms with van der Waals surface area (Å²) in [6.45, 7) is 7.14. The molecule has 2 nitrogen and oxygen atoms in total. The summed E-state index contributed by atoms with van der Waals surface area (Å²) >= 11 is 0. The van der Waals surface area contributed by atoms with E-state index in [-0.39, 0.29) is 24.0 Å². The smallest absolute Gasteiger partial charge is 0.133 e. The number of halogens is 4. The zero-order chi connectivity index (χ0) is 14.7. The second-order valence-corrected chi connectivity index (χ2v) is 5.71. The molecule has 1 aliphatic rings. The van der Waals surface area contributed by atoms with Crippen LogP contribution in [0.2, 0.25) is 0 Å². The van der Waals surface area contributed by atoms with Gasteiger partial charge >= 0.3 is 0 Å². The molecule has 1 fully saturated rings. The molecule has 1 aromatic carbocycles. The molecule has 1 aliphatic heterocycles. The van der Waals surface area contributed by atoms with Crippen molar-refractivity contribution < 1.29 is 13.2 Å². The number of hydrogen-bond acceptors (Lipinski definition) is 2. The van der Waals surface area contributed by atoms with Crippen LogP contribution < -0.4 is 5.32 Å². The second-order valence-electron chi connectivity index (χ2n) is 5.71. The maximum atomic E-state index is 14.0. The van der Waals surface area contributed by atoms with Crippen LogP contribution in [-0.2, 0) is 0 Å². The molecule has 1 aromatic rings. The first kappa shape index (κ1) is 18.3. The molecule has 0 aliphatic carbocycles. The first-order chi connectivity index (χ1) is 9.49. The van der Waals surface area contributed by atoms with E-state index in [0.29, 0.717) is 12.3 Å². The molecule has 2 rings (SSSR count). The first-order valence-electron chi connectivity index (χ1n) is 7.08. The van der Waals surface area contributed by atoms with Crippen LogP contribution in [-0.4, -0.2) is 31.1 Å². The Kier molecular flexibility index (Phi) is 6.97. The lowest BCUT2D eigenvalue weighted by Crippen LogP contribution is -2.45. The van der Waals surface area contributed by atoms with Gasteiger partial charge in [-0.05, 0) is 12.3 Å². The molecule has 0 radical (unpaired) electrons. The number of nitrogens with zero attached hydrogens (tertiary/aromatic N) is 1. The van der Waals surface area contributed by atoms with Crippen molar-refractivity contribution in [1.82, 2.24) is 10.2 Å². The van der Waals surface area contributed by atoms with Crippen LogP contribution in [0.25, 0.3) is 0 Å². The summed E-state index contributed by atoms with van der Waals surface area (Å²) in [5.74, 6) is -2.13. The Labute approximate surface area is 130 Å². The van der Waals surface area contributed by atoms with E-state index >= 15 is 0 Å². The van der Waals surface area contributed by atoms with Crippen LogP contribution in [0.5, 0.6) is 0 Å². The molecule has 0 spiro atoms. The van der Waals surface area contributed by atoms with Crippen molar-refractivity contribution in [3.8, 4) is 0 Å². The largest absolute Gasteiger partial charge is 0.314 e. The summed E-state index contributed by atoms with van der Waals surface area (Å²) in [6.07, 6.45) is 0.652. The summed E-state index contributed by atoms with van der Waals surface area (Å²) < 4.78 is 41.2. The van der Waals surface area contributed by atoms with Gasteiger partial charge in [0.05, 0.1) is 0 Å². The van der Waals surface area contributed by atoms with Crippen molar-refractivity contribution in [2.75, 3.05) is 26.2 Å². The van der Waals surface area contributed by atoms with Gasteiger partial charge in [-0.25, -0.2) is 13.2 Å². The van der Waals surface area contributed by atoms with Gasteiger partial charge < -0.3 is 5.32 Å².